The van der Waals surface area contributed by atoms with Crippen molar-refractivity contribution >= 4 is 31.3 Å². The summed E-state index contributed by atoms with van der Waals surface area (Å²) in [4.78, 5) is 0.0920. The highest BCUT2D eigenvalue weighted by molar-refractivity contribution is 8.13. The summed E-state index contributed by atoms with van der Waals surface area (Å²) in [6, 6.07) is 4.57. The summed E-state index contributed by atoms with van der Waals surface area (Å²) < 4.78 is 27.5. The quantitative estimate of drug-likeness (QED) is 0.797. The Hall–Kier alpha value is -0.710. The fraction of sp³-hybridized carbons (Fsp3) is 0.200. The molecule has 1 rings (SSSR count). The Kier molecular flexibility index (Phi) is 4.65. The first-order valence-corrected chi connectivity index (χ1v) is 7.13. The Morgan fingerprint density at radius 3 is 2.62 bits per heavy atom. The van der Waals surface area contributed by atoms with Crippen LogP contribution in [0.25, 0.3) is 0 Å². The molecule has 0 saturated carbocycles. The minimum Gasteiger partial charge on any atom is -0.489 e. The summed E-state index contributed by atoms with van der Waals surface area (Å²) in [5, 5.41) is 0. The largest absolute Gasteiger partial charge is 0.489 e. The molecule has 88 valence electrons. The lowest BCUT2D eigenvalue weighted by Crippen LogP contribution is -1.97. The molecule has 0 aliphatic carbocycles. The van der Waals surface area contributed by atoms with Crippen molar-refractivity contribution in [2.45, 2.75) is 11.8 Å². The van der Waals surface area contributed by atoms with Crippen molar-refractivity contribution in [1.29, 1.82) is 0 Å². The molecule has 0 aromatic heterocycles. The highest BCUT2D eigenvalue weighted by Crippen LogP contribution is 2.23. The predicted molar refractivity (Wildman–Crippen MR) is 64.7 cm³/mol. The van der Waals surface area contributed by atoms with Crippen LogP contribution in [0.2, 0.25) is 0 Å². The fourth-order valence-corrected chi connectivity index (χ4v) is 2.43. The maximum Gasteiger partial charge on any atom is 0.261 e. The molecule has 0 spiro atoms. The van der Waals surface area contributed by atoms with Gasteiger partial charge in [0.15, 0.2) is 0 Å². The molecule has 0 amide bonds. The summed E-state index contributed by atoms with van der Waals surface area (Å²) in [5.41, 5.74) is 1.90. The van der Waals surface area contributed by atoms with Crippen molar-refractivity contribution in [2.75, 3.05) is 6.61 Å². The number of ether oxygens (including phenoxy) is 1. The number of hydrogen-bond acceptors (Lipinski definition) is 3. The second kappa shape index (κ2) is 5.57. The van der Waals surface area contributed by atoms with Crippen molar-refractivity contribution in [1.82, 2.24) is 0 Å². The monoisotopic (exact) mass is 280 g/mol. The van der Waals surface area contributed by atoms with E-state index in [2.05, 4.69) is 0 Å². The Balaban J connectivity index is 2.92. The maximum absolute atomic E-state index is 11.1. The Morgan fingerprint density at radius 1 is 1.44 bits per heavy atom. The second-order valence-corrected chi connectivity index (χ2v) is 5.82. The topological polar surface area (TPSA) is 43.4 Å². The van der Waals surface area contributed by atoms with Gasteiger partial charge in [0.25, 0.3) is 9.05 Å². The number of benzene rings is 1. The van der Waals surface area contributed by atoms with E-state index < -0.39 is 9.05 Å². The predicted octanol–water partition coefficient (Wildman–Crippen LogP) is 3.05. The zero-order chi connectivity index (χ0) is 12.2. The van der Waals surface area contributed by atoms with E-state index in [1.165, 1.54) is 11.6 Å². The number of aryl methyl sites for hydroxylation is 1. The highest BCUT2D eigenvalue weighted by Gasteiger charge is 2.13. The zero-order valence-corrected chi connectivity index (χ0v) is 10.8. The van der Waals surface area contributed by atoms with Gasteiger partial charge >= 0.3 is 0 Å². The molecule has 0 heterocycles. The van der Waals surface area contributed by atoms with Crippen LogP contribution in [-0.4, -0.2) is 15.0 Å². The summed E-state index contributed by atoms with van der Waals surface area (Å²) in [5.74, 6) is 0.566. The fourth-order valence-electron chi connectivity index (χ4n) is 1.17. The average Bonchev–Trinajstić information content (AvgIpc) is 2.16. The van der Waals surface area contributed by atoms with E-state index in [0.29, 0.717) is 17.9 Å². The first kappa shape index (κ1) is 13.4. The van der Waals surface area contributed by atoms with Crippen molar-refractivity contribution in [2.24, 2.45) is 0 Å². The van der Waals surface area contributed by atoms with Gasteiger partial charge in [-0.2, -0.15) is 0 Å². The molecule has 3 nitrogen and oxygen atoms in total. The van der Waals surface area contributed by atoms with Crippen LogP contribution in [0.4, 0.5) is 0 Å². The van der Waals surface area contributed by atoms with E-state index >= 15 is 0 Å². The third-order valence-corrected chi connectivity index (χ3v) is 3.50. The van der Waals surface area contributed by atoms with Crippen LogP contribution in [0.5, 0.6) is 5.75 Å². The molecule has 0 bridgehead atoms. The van der Waals surface area contributed by atoms with Crippen LogP contribution in [0, 0.1) is 6.92 Å². The van der Waals surface area contributed by atoms with E-state index in [4.69, 9.17) is 27.0 Å². The lowest BCUT2D eigenvalue weighted by Gasteiger charge is -2.06. The first-order chi connectivity index (χ1) is 7.45. The van der Waals surface area contributed by atoms with Crippen molar-refractivity contribution in [3.8, 4) is 5.75 Å². The molecular formula is C10H10Cl2O3S. The minimum absolute atomic E-state index is 0.0920. The van der Waals surface area contributed by atoms with Gasteiger partial charge < -0.3 is 4.74 Å². The smallest absolute Gasteiger partial charge is 0.261 e. The summed E-state index contributed by atoms with van der Waals surface area (Å²) in [6.45, 7) is 1.98. The van der Waals surface area contributed by atoms with Crippen molar-refractivity contribution in [3.05, 3.63) is 35.4 Å². The van der Waals surface area contributed by atoms with Crippen LogP contribution in [0.3, 0.4) is 0 Å². The van der Waals surface area contributed by atoms with Crippen LogP contribution in [-0.2, 0) is 9.05 Å². The van der Waals surface area contributed by atoms with Crippen LogP contribution in [0.1, 0.15) is 5.56 Å². The van der Waals surface area contributed by atoms with Crippen molar-refractivity contribution in [3.63, 3.8) is 0 Å². The average molecular weight is 281 g/mol. The van der Waals surface area contributed by atoms with Gasteiger partial charge in [-0.1, -0.05) is 11.6 Å². The van der Waals surface area contributed by atoms with Crippen LogP contribution >= 0.6 is 22.3 Å². The Morgan fingerprint density at radius 2 is 2.12 bits per heavy atom. The molecule has 0 N–H and O–H groups in total. The molecule has 0 saturated heterocycles. The van der Waals surface area contributed by atoms with Gasteiger partial charge in [-0.3, -0.25) is 0 Å². The SMILES string of the molecule is Cc1cc(OC/C=C/Cl)ccc1S(=O)(=O)Cl. The molecule has 1 aromatic rings. The zero-order valence-electron chi connectivity index (χ0n) is 8.48. The van der Waals surface area contributed by atoms with Gasteiger partial charge in [-0.05, 0) is 36.8 Å². The minimum atomic E-state index is -3.69. The van der Waals surface area contributed by atoms with Crippen LogP contribution < -0.4 is 4.74 Å². The van der Waals surface area contributed by atoms with E-state index in [1.54, 1.807) is 25.1 Å². The van der Waals surface area contributed by atoms with Gasteiger partial charge in [-0.25, -0.2) is 8.42 Å². The molecule has 6 heteroatoms. The van der Waals surface area contributed by atoms with Gasteiger partial charge in [0.05, 0.1) is 4.90 Å². The van der Waals surface area contributed by atoms with Gasteiger partial charge in [0, 0.05) is 16.2 Å². The third-order valence-electron chi connectivity index (χ3n) is 1.84. The van der Waals surface area contributed by atoms with Gasteiger partial charge in [-0.15, -0.1) is 0 Å². The van der Waals surface area contributed by atoms with E-state index in [0.717, 1.165) is 0 Å². The summed E-state index contributed by atoms with van der Waals surface area (Å²) in [7, 11) is 1.55. The molecular weight excluding hydrogens is 271 g/mol. The van der Waals surface area contributed by atoms with E-state index in [9.17, 15) is 8.42 Å². The van der Waals surface area contributed by atoms with Gasteiger partial charge in [0.2, 0.25) is 0 Å². The molecule has 0 fully saturated rings. The number of halogens is 2. The maximum atomic E-state index is 11.1. The standard InChI is InChI=1S/C10H10Cl2O3S/c1-8-7-9(15-6-2-5-11)3-4-10(8)16(12,13)14/h2-5,7H,6H2,1H3/b5-2+. The molecule has 1 aromatic carbocycles. The lowest BCUT2D eigenvalue weighted by molar-refractivity contribution is 0.362. The summed E-state index contributed by atoms with van der Waals surface area (Å²) >= 11 is 5.33. The normalized spacial score (nSPS) is 11.9. The molecule has 0 atom stereocenters. The third kappa shape index (κ3) is 3.70. The Bertz CT molecular complexity index is 495. The number of rotatable bonds is 4. The Labute approximate surface area is 104 Å². The number of hydrogen-bond donors (Lipinski definition) is 0. The second-order valence-electron chi connectivity index (χ2n) is 3.04. The van der Waals surface area contributed by atoms with E-state index in [-0.39, 0.29) is 4.90 Å². The molecule has 16 heavy (non-hydrogen) atoms. The lowest BCUT2D eigenvalue weighted by atomic mass is 10.2. The molecule has 0 radical (unpaired) electrons. The first-order valence-electron chi connectivity index (χ1n) is 4.38. The molecule has 0 aliphatic rings. The van der Waals surface area contributed by atoms with Crippen molar-refractivity contribution < 1.29 is 13.2 Å². The van der Waals surface area contributed by atoms with Crippen LogP contribution in [0.15, 0.2) is 34.7 Å². The van der Waals surface area contributed by atoms with Gasteiger partial charge in [0.1, 0.15) is 12.4 Å². The summed E-state index contributed by atoms with van der Waals surface area (Å²) in [6.07, 6.45) is 1.63. The molecule has 0 unspecified atom stereocenters. The molecule has 0 aliphatic heterocycles. The van der Waals surface area contributed by atoms with E-state index in [1.807, 2.05) is 0 Å². The highest BCUT2D eigenvalue weighted by atomic mass is 35.7.